The van der Waals surface area contributed by atoms with Crippen LogP contribution in [-0.2, 0) is 19.2 Å². The van der Waals surface area contributed by atoms with E-state index in [9.17, 15) is 34.5 Å². The van der Waals surface area contributed by atoms with Crippen LogP contribution in [0.4, 0.5) is 0 Å². The molecule has 416 valence electrons. The third kappa shape index (κ3) is 14.0. The number of unbranched alkanes of at least 4 members (excludes halogenated alkanes) is 4. The van der Waals surface area contributed by atoms with Crippen molar-refractivity contribution < 1.29 is 39.6 Å². The summed E-state index contributed by atoms with van der Waals surface area (Å²) in [4.78, 5) is 59.2. The Morgan fingerprint density at radius 1 is 0.417 bits per heavy atom. The molecule has 0 atom stereocenters. The number of carbonyl (C=O) groups is 4. The summed E-state index contributed by atoms with van der Waals surface area (Å²) >= 11 is 0. The molecule has 4 heterocycles. The Hall–Kier alpha value is -2.80. The van der Waals surface area contributed by atoms with Crippen LogP contribution in [-0.4, -0.2) is 135 Å². The summed E-state index contributed by atoms with van der Waals surface area (Å²) in [5, 5.41) is 40.6. The van der Waals surface area contributed by atoms with Crippen LogP contribution in [0.3, 0.4) is 0 Å². The lowest BCUT2D eigenvalue weighted by Crippen LogP contribution is -2.67. The maximum Gasteiger partial charge on any atom is 0.310 e. The fraction of sp³-hybridized carbons (Fsp3) is 0.867. The Morgan fingerprint density at radius 3 is 0.917 bits per heavy atom. The molecule has 0 amide bonds. The molecular formula is C60H108N4O8. The van der Waals surface area contributed by atoms with Crippen LogP contribution < -0.4 is 0 Å². The molecule has 0 aromatic carbocycles. The third-order valence-electron chi connectivity index (χ3n) is 19.8. The number of rotatable bonds is 22. The summed E-state index contributed by atoms with van der Waals surface area (Å²) in [5.41, 5.74) is -2.84. The zero-order chi connectivity index (χ0) is 55.5. The summed E-state index contributed by atoms with van der Waals surface area (Å²) < 4.78 is 0. The highest BCUT2D eigenvalue weighted by Crippen LogP contribution is 2.60. The normalized spacial score (nSPS) is 24.9. The molecule has 4 rings (SSSR count). The van der Waals surface area contributed by atoms with Crippen LogP contribution >= 0.6 is 0 Å². The van der Waals surface area contributed by atoms with Gasteiger partial charge in [-0.15, -0.1) is 13.2 Å². The molecule has 72 heavy (non-hydrogen) atoms. The van der Waals surface area contributed by atoms with Gasteiger partial charge in [-0.25, -0.2) is 0 Å². The second-order valence-corrected chi connectivity index (χ2v) is 28.4. The van der Waals surface area contributed by atoms with E-state index in [1.54, 1.807) is 0 Å². The first-order valence-corrected chi connectivity index (χ1v) is 27.8. The van der Waals surface area contributed by atoms with Crippen molar-refractivity contribution in [3.63, 3.8) is 0 Å². The summed E-state index contributed by atoms with van der Waals surface area (Å²) in [6, 6.07) is 0. The highest BCUT2D eigenvalue weighted by Gasteiger charge is 2.62. The van der Waals surface area contributed by atoms with E-state index in [4.69, 9.17) is 5.11 Å². The number of hydrogen-bond donors (Lipinski definition) is 4. The molecule has 4 saturated heterocycles. The SMILES string of the molecule is C=CCN1C(C)(C)CC(C(CCCC(=O)O)(C(=O)O)C2CC(C)(C)N(CC=C)C(C)(C)C2)CC1(C)C.CN1C(C)(C)CC(C(CCCCCCCC(=O)O)(C(=O)O)C2CC(C)(C)N(C)C(C)(C)C2)CC1(C)C. The number of piperidine rings is 4. The van der Waals surface area contributed by atoms with Crippen LogP contribution in [0.5, 0.6) is 0 Å². The molecule has 0 bridgehead atoms. The Bertz CT molecular complexity index is 1730. The lowest BCUT2D eigenvalue weighted by molar-refractivity contribution is -0.178. The molecule has 4 fully saturated rings. The fourth-order valence-corrected chi connectivity index (χ4v) is 16.2. The summed E-state index contributed by atoms with van der Waals surface area (Å²) in [5.74, 6) is -2.84. The Balaban J connectivity index is 0.000000380. The molecule has 0 saturated carbocycles. The lowest BCUT2D eigenvalue weighted by Gasteiger charge is -2.62. The van der Waals surface area contributed by atoms with Gasteiger partial charge in [0.2, 0.25) is 0 Å². The number of aliphatic carboxylic acids is 4. The topological polar surface area (TPSA) is 162 Å². The van der Waals surface area contributed by atoms with E-state index in [1.165, 1.54) is 0 Å². The van der Waals surface area contributed by atoms with Crippen LogP contribution in [0.2, 0.25) is 0 Å². The molecule has 4 N–H and O–H groups in total. The predicted molar refractivity (Wildman–Crippen MR) is 294 cm³/mol. The fourth-order valence-electron chi connectivity index (χ4n) is 16.2. The molecular weight excluding hydrogens is 905 g/mol. The largest absolute Gasteiger partial charge is 0.481 e. The molecule has 0 aromatic heterocycles. The van der Waals surface area contributed by atoms with Gasteiger partial charge in [0.25, 0.3) is 0 Å². The highest BCUT2D eigenvalue weighted by molar-refractivity contribution is 5.76. The number of nitrogens with zero attached hydrogens (tertiary/aromatic N) is 4. The van der Waals surface area contributed by atoms with E-state index in [0.29, 0.717) is 25.7 Å². The third-order valence-corrected chi connectivity index (χ3v) is 19.8. The van der Waals surface area contributed by atoms with Gasteiger partial charge in [0.15, 0.2) is 0 Å². The van der Waals surface area contributed by atoms with Crippen LogP contribution in [0.15, 0.2) is 25.3 Å². The van der Waals surface area contributed by atoms with Gasteiger partial charge in [0.05, 0.1) is 10.8 Å². The molecule has 0 unspecified atom stereocenters. The summed E-state index contributed by atoms with van der Waals surface area (Å²) in [7, 11) is 4.38. The van der Waals surface area contributed by atoms with Gasteiger partial charge >= 0.3 is 23.9 Å². The number of hydrogen-bond acceptors (Lipinski definition) is 8. The van der Waals surface area contributed by atoms with E-state index in [2.05, 4.69) is 158 Å². The minimum Gasteiger partial charge on any atom is -0.481 e. The van der Waals surface area contributed by atoms with E-state index in [0.717, 1.165) is 90.1 Å². The van der Waals surface area contributed by atoms with Gasteiger partial charge in [-0.1, -0.05) is 37.8 Å². The van der Waals surface area contributed by atoms with Crippen molar-refractivity contribution in [3.05, 3.63) is 25.3 Å². The molecule has 4 aliphatic heterocycles. The Labute approximate surface area is 439 Å². The molecule has 4 aliphatic rings. The van der Waals surface area contributed by atoms with E-state index in [-0.39, 0.29) is 80.8 Å². The van der Waals surface area contributed by atoms with Crippen molar-refractivity contribution in [3.8, 4) is 0 Å². The summed E-state index contributed by atoms with van der Waals surface area (Å²) in [6.07, 6.45) is 16.6. The number of carboxylic acid groups (broad SMARTS) is 4. The Morgan fingerprint density at radius 2 is 0.653 bits per heavy atom. The van der Waals surface area contributed by atoms with E-state index < -0.39 is 34.7 Å². The van der Waals surface area contributed by atoms with Gasteiger partial charge in [0.1, 0.15) is 0 Å². The van der Waals surface area contributed by atoms with Crippen molar-refractivity contribution in [2.24, 2.45) is 34.5 Å². The zero-order valence-electron chi connectivity index (χ0n) is 49.2. The van der Waals surface area contributed by atoms with E-state index >= 15 is 0 Å². The van der Waals surface area contributed by atoms with Crippen LogP contribution in [0.1, 0.15) is 226 Å². The monoisotopic (exact) mass is 1010 g/mol. The van der Waals surface area contributed by atoms with Crippen molar-refractivity contribution in [2.45, 2.75) is 271 Å². The second-order valence-electron chi connectivity index (χ2n) is 28.4. The van der Waals surface area contributed by atoms with Crippen molar-refractivity contribution in [1.82, 2.24) is 19.6 Å². The first-order valence-electron chi connectivity index (χ1n) is 27.8. The van der Waals surface area contributed by atoms with Gasteiger partial charge in [-0.2, -0.15) is 0 Å². The van der Waals surface area contributed by atoms with Gasteiger partial charge in [-0.05, 0) is 226 Å². The molecule has 12 heteroatoms. The second kappa shape index (κ2) is 23.2. The molecule has 0 aromatic rings. The van der Waals surface area contributed by atoms with Crippen LogP contribution in [0, 0.1) is 34.5 Å². The van der Waals surface area contributed by atoms with Gasteiger partial charge < -0.3 is 20.4 Å². The van der Waals surface area contributed by atoms with E-state index in [1.807, 2.05) is 12.2 Å². The molecule has 0 spiro atoms. The van der Waals surface area contributed by atoms with Crippen molar-refractivity contribution in [1.29, 1.82) is 0 Å². The van der Waals surface area contributed by atoms with Crippen molar-refractivity contribution >= 4 is 23.9 Å². The quantitative estimate of drug-likeness (QED) is 0.0601. The number of likely N-dealkylation sites (tertiary alicyclic amines) is 4. The maximum absolute atomic E-state index is 13.6. The number of carboxylic acids is 4. The molecule has 0 aliphatic carbocycles. The first kappa shape index (κ1) is 63.5. The average molecular weight is 1010 g/mol. The zero-order valence-corrected chi connectivity index (χ0v) is 49.2. The van der Waals surface area contributed by atoms with Gasteiger partial charge in [-0.3, -0.25) is 38.8 Å². The minimum atomic E-state index is -0.987. The van der Waals surface area contributed by atoms with Gasteiger partial charge in [0, 0.05) is 70.2 Å². The maximum atomic E-state index is 13.6. The smallest absolute Gasteiger partial charge is 0.310 e. The predicted octanol–water partition coefficient (Wildman–Crippen LogP) is 12.9. The van der Waals surface area contributed by atoms with Crippen molar-refractivity contribution in [2.75, 3.05) is 27.2 Å². The molecule has 12 nitrogen and oxygen atoms in total. The standard InChI is InChI=1S/C30H56N2O4.C30H52N2O4/c1-26(2)18-22(19-27(3,4)31(26)9)30(25(35)36,17-15-13-11-12-14-16-24(33)34)23-20-28(5,6)32(10)29(7,8)21-23;1-11-16-31-26(3,4)18-22(19-27(31,5)6)30(25(35)36,15-13-14-24(33)34)23-20-28(7,8)32(17-12-2)29(9,10)21-23/h22-23H,11-21H2,1-10H3,(H,33,34)(H,35,36);11-12,22-23H,1-2,13-21H2,3-10H3,(H,33,34)(H,35,36). The summed E-state index contributed by atoms with van der Waals surface area (Å²) in [6.45, 7) is 45.4. The molecule has 0 radical (unpaired) electrons. The Kier molecular flexibility index (Phi) is 20.5. The lowest BCUT2D eigenvalue weighted by atomic mass is 9.52. The minimum absolute atomic E-state index is 0.000774. The first-order chi connectivity index (χ1) is 32.7. The average Bonchev–Trinajstić information content (AvgIpc) is 3.20. The van der Waals surface area contributed by atoms with Crippen LogP contribution in [0.25, 0.3) is 0 Å². The highest BCUT2D eigenvalue weighted by atomic mass is 16.4.